The quantitative estimate of drug-likeness (QED) is 0.248. The number of alkyl halides is 1. The summed E-state index contributed by atoms with van der Waals surface area (Å²) in [6.07, 6.45) is 7.04. The van der Waals surface area contributed by atoms with Crippen molar-refractivity contribution >= 4 is 17.5 Å². The first-order valence-corrected chi connectivity index (χ1v) is 6.72. The summed E-state index contributed by atoms with van der Waals surface area (Å²) in [5.41, 5.74) is 0. The maximum Gasteiger partial charge on any atom is 0.233 e. The summed E-state index contributed by atoms with van der Waals surface area (Å²) >= 11 is 5.38. The molecule has 0 saturated heterocycles. The Bertz CT molecular complexity index is 150. The van der Waals surface area contributed by atoms with E-state index in [1.54, 1.807) is 0 Å². The molecule has 0 atom stereocenters. The standard InChI is InChI=1S/C7H16N2O.C5H11Cl/c1-3-4-5-6-9(8)7(2)10;1-2-3-4-5-6/h3-6,8H2,1-2H3;2-5H2,1H3. The minimum atomic E-state index is -0.0592. The average Bonchev–Trinajstić information content (AvgIpc) is 2.27. The maximum absolute atomic E-state index is 10.5. The molecule has 0 aliphatic rings. The fourth-order valence-corrected chi connectivity index (χ4v) is 1.22. The van der Waals surface area contributed by atoms with Gasteiger partial charge in [-0.3, -0.25) is 9.80 Å². The van der Waals surface area contributed by atoms with Crippen LogP contribution in [0.25, 0.3) is 0 Å². The van der Waals surface area contributed by atoms with Crippen LogP contribution < -0.4 is 5.84 Å². The van der Waals surface area contributed by atoms with E-state index in [0.29, 0.717) is 6.54 Å². The smallest absolute Gasteiger partial charge is 0.233 e. The number of amides is 1. The third-order valence-corrected chi connectivity index (χ3v) is 2.41. The monoisotopic (exact) mass is 250 g/mol. The van der Waals surface area contributed by atoms with Crippen molar-refractivity contribution in [3.63, 3.8) is 0 Å². The van der Waals surface area contributed by atoms with Crippen molar-refractivity contribution in [1.29, 1.82) is 0 Å². The maximum atomic E-state index is 10.5. The van der Waals surface area contributed by atoms with E-state index in [0.717, 1.165) is 25.1 Å². The highest BCUT2D eigenvalue weighted by atomic mass is 35.5. The van der Waals surface area contributed by atoms with Crippen LogP contribution in [0.5, 0.6) is 0 Å². The molecule has 0 fully saturated rings. The largest absolute Gasteiger partial charge is 0.281 e. The second-order valence-corrected chi connectivity index (χ2v) is 4.19. The van der Waals surface area contributed by atoms with E-state index in [4.69, 9.17) is 17.4 Å². The van der Waals surface area contributed by atoms with E-state index in [2.05, 4.69) is 13.8 Å². The lowest BCUT2D eigenvalue weighted by Crippen LogP contribution is -2.36. The Morgan fingerprint density at radius 1 is 1.12 bits per heavy atom. The highest BCUT2D eigenvalue weighted by molar-refractivity contribution is 6.17. The Morgan fingerprint density at radius 3 is 1.94 bits per heavy atom. The molecular formula is C12H27ClN2O. The van der Waals surface area contributed by atoms with Crippen molar-refractivity contribution in [2.45, 2.75) is 59.3 Å². The van der Waals surface area contributed by atoms with E-state index >= 15 is 0 Å². The van der Waals surface area contributed by atoms with E-state index in [1.807, 2.05) is 0 Å². The summed E-state index contributed by atoms with van der Waals surface area (Å²) in [5.74, 6) is 6.11. The number of hydrogen-bond acceptors (Lipinski definition) is 2. The van der Waals surface area contributed by atoms with Crippen molar-refractivity contribution in [3.05, 3.63) is 0 Å². The highest BCUT2D eigenvalue weighted by Crippen LogP contribution is 1.94. The molecule has 0 rings (SSSR count). The molecule has 0 aromatic carbocycles. The lowest BCUT2D eigenvalue weighted by atomic mass is 10.2. The van der Waals surface area contributed by atoms with Gasteiger partial charge in [-0.05, 0) is 12.8 Å². The minimum absolute atomic E-state index is 0.0592. The minimum Gasteiger partial charge on any atom is -0.281 e. The number of nitrogens with zero attached hydrogens (tertiary/aromatic N) is 1. The first-order chi connectivity index (χ1) is 7.59. The van der Waals surface area contributed by atoms with Crippen molar-refractivity contribution < 1.29 is 4.79 Å². The number of hydrazine groups is 1. The Hall–Kier alpha value is -0.280. The van der Waals surface area contributed by atoms with Crippen molar-refractivity contribution in [3.8, 4) is 0 Å². The molecule has 0 radical (unpaired) electrons. The van der Waals surface area contributed by atoms with Gasteiger partial charge in [0.05, 0.1) is 0 Å². The molecule has 0 unspecified atom stereocenters. The highest BCUT2D eigenvalue weighted by Gasteiger charge is 1.99. The summed E-state index contributed by atoms with van der Waals surface area (Å²) in [6.45, 7) is 6.45. The van der Waals surface area contributed by atoms with E-state index in [1.165, 1.54) is 31.2 Å². The lowest BCUT2D eigenvalue weighted by Gasteiger charge is -2.12. The van der Waals surface area contributed by atoms with Crippen LogP contribution in [-0.2, 0) is 4.79 Å². The van der Waals surface area contributed by atoms with E-state index < -0.39 is 0 Å². The average molecular weight is 251 g/mol. The molecule has 2 N–H and O–H groups in total. The number of unbranched alkanes of at least 4 members (excludes halogenated alkanes) is 4. The van der Waals surface area contributed by atoms with Crippen molar-refractivity contribution in [2.75, 3.05) is 12.4 Å². The van der Waals surface area contributed by atoms with Crippen molar-refractivity contribution in [2.24, 2.45) is 5.84 Å². The molecule has 0 bridgehead atoms. The number of carbonyl (C=O) groups excluding carboxylic acids is 1. The van der Waals surface area contributed by atoms with Crippen LogP contribution in [0.1, 0.15) is 59.3 Å². The van der Waals surface area contributed by atoms with Crippen LogP contribution in [0, 0.1) is 0 Å². The van der Waals surface area contributed by atoms with Crippen LogP contribution in [0.4, 0.5) is 0 Å². The SMILES string of the molecule is CCCCCCl.CCCCCN(N)C(C)=O. The van der Waals surface area contributed by atoms with Gasteiger partial charge < -0.3 is 0 Å². The molecule has 0 aromatic rings. The first kappa shape index (κ1) is 18.1. The van der Waals surface area contributed by atoms with Crippen LogP contribution >= 0.6 is 11.6 Å². The van der Waals surface area contributed by atoms with Crippen LogP contribution in [-0.4, -0.2) is 23.3 Å². The number of rotatable bonds is 7. The zero-order valence-corrected chi connectivity index (χ0v) is 11.7. The zero-order valence-electron chi connectivity index (χ0n) is 11.0. The van der Waals surface area contributed by atoms with Gasteiger partial charge in [-0.25, -0.2) is 5.84 Å². The third kappa shape index (κ3) is 16.2. The molecule has 3 nitrogen and oxygen atoms in total. The fourth-order valence-electron chi connectivity index (χ4n) is 1.03. The summed E-state index contributed by atoms with van der Waals surface area (Å²) in [4.78, 5) is 10.5. The molecule has 4 heteroatoms. The first-order valence-electron chi connectivity index (χ1n) is 6.18. The topological polar surface area (TPSA) is 46.3 Å². The van der Waals surface area contributed by atoms with Crippen LogP contribution in [0.3, 0.4) is 0 Å². The van der Waals surface area contributed by atoms with Gasteiger partial charge in [-0.2, -0.15) is 0 Å². The summed E-state index contributed by atoms with van der Waals surface area (Å²) in [5, 5.41) is 1.26. The van der Waals surface area contributed by atoms with Gasteiger partial charge >= 0.3 is 0 Å². The fraction of sp³-hybridized carbons (Fsp3) is 0.917. The van der Waals surface area contributed by atoms with Crippen LogP contribution in [0.2, 0.25) is 0 Å². The van der Waals surface area contributed by atoms with Gasteiger partial charge in [0.25, 0.3) is 0 Å². The Morgan fingerprint density at radius 2 is 1.62 bits per heavy atom. The Balaban J connectivity index is 0. The normalized spacial score (nSPS) is 9.31. The van der Waals surface area contributed by atoms with Crippen molar-refractivity contribution in [1.82, 2.24) is 5.01 Å². The molecule has 16 heavy (non-hydrogen) atoms. The van der Waals surface area contributed by atoms with Gasteiger partial charge in [0, 0.05) is 19.3 Å². The third-order valence-electron chi connectivity index (χ3n) is 2.14. The number of halogens is 1. The molecule has 0 aliphatic carbocycles. The number of nitrogens with two attached hydrogens (primary N) is 1. The zero-order chi connectivity index (χ0) is 12.8. The Kier molecular flexibility index (Phi) is 16.6. The van der Waals surface area contributed by atoms with Gasteiger partial charge in [0.2, 0.25) is 5.91 Å². The molecule has 0 spiro atoms. The molecule has 0 aromatic heterocycles. The molecule has 0 aliphatic heterocycles. The number of hydrogen-bond donors (Lipinski definition) is 1. The molecule has 0 saturated carbocycles. The summed E-state index contributed by atoms with van der Waals surface area (Å²) in [7, 11) is 0. The second-order valence-electron chi connectivity index (χ2n) is 3.82. The van der Waals surface area contributed by atoms with Gasteiger partial charge in [0.15, 0.2) is 0 Å². The summed E-state index contributed by atoms with van der Waals surface area (Å²) < 4.78 is 0. The molecule has 0 heterocycles. The van der Waals surface area contributed by atoms with E-state index in [-0.39, 0.29) is 5.91 Å². The predicted octanol–water partition coefficient (Wildman–Crippen LogP) is 3.31. The number of carbonyl (C=O) groups is 1. The second kappa shape index (κ2) is 14.7. The van der Waals surface area contributed by atoms with Gasteiger partial charge in [0.1, 0.15) is 0 Å². The van der Waals surface area contributed by atoms with Gasteiger partial charge in [-0.1, -0.05) is 39.5 Å². The lowest BCUT2D eigenvalue weighted by molar-refractivity contribution is -0.129. The summed E-state index contributed by atoms with van der Waals surface area (Å²) in [6, 6.07) is 0. The van der Waals surface area contributed by atoms with E-state index in [9.17, 15) is 4.79 Å². The molecular weight excluding hydrogens is 224 g/mol. The van der Waals surface area contributed by atoms with Gasteiger partial charge in [-0.15, -0.1) is 11.6 Å². The molecule has 98 valence electrons. The molecule has 1 amide bonds. The predicted molar refractivity (Wildman–Crippen MR) is 71.3 cm³/mol. The Labute approximate surface area is 105 Å². The van der Waals surface area contributed by atoms with Crippen LogP contribution in [0.15, 0.2) is 0 Å².